The summed E-state index contributed by atoms with van der Waals surface area (Å²) >= 11 is 7.16. The SMILES string of the molecule is Nc1cc(N2CC(CCC(=O)c3ccc(Cl)s3)OC2=O)ccc1N1CCCCC1. The van der Waals surface area contributed by atoms with Gasteiger partial charge in [-0.15, -0.1) is 11.3 Å². The second-order valence-corrected chi connectivity index (χ2v) is 9.19. The van der Waals surface area contributed by atoms with Crippen LogP contribution in [0, 0.1) is 0 Å². The number of ketones is 1. The van der Waals surface area contributed by atoms with E-state index in [-0.39, 0.29) is 11.9 Å². The van der Waals surface area contributed by atoms with Crippen LogP contribution in [0.3, 0.4) is 0 Å². The van der Waals surface area contributed by atoms with Gasteiger partial charge in [-0.05, 0) is 56.0 Å². The maximum atomic E-state index is 12.4. The Bertz CT molecular complexity index is 910. The molecule has 1 atom stereocenters. The Balaban J connectivity index is 1.37. The number of hydrogen-bond acceptors (Lipinski definition) is 6. The van der Waals surface area contributed by atoms with Crippen molar-refractivity contribution < 1.29 is 14.3 Å². The average Bonchev–Trinajstić information content (AvgIpc) is 3.32. The monoisotopic (exact) mass is 433 g/mol. The molecule has 1 aromatic carbocycles. The van der Waals surface area contributed by atoms with Gasteiger partial charge in [-0.2, -0.15) is 0 Å². The molecular formula is C21H24ClN3O3S. The summed E-state index contributed by atoms with van der Waals surface area (Å²) in [6.07, 6.45) is 3.71. The molecule has 2 aromatic rings. The summed E-state index contributed by atoms with van der Waals surface area (Å²) in [6.45, 7) is 2.45. The summed E-state index contributed by atoms with van der Waals surface area (Å²) in [5.41, 5.74) is 8.72. The Labute approximate surface area is 179 Å². The first kappa shape index (κ1) is 20.0. The summed E-state index contributed by atoms with van der Waals surface area (Å²) in [4.78, 5) is 29.1. The van der Waals surface area contributed by atoms with Gasteiger partial charge in [-0.1, -0.05) is 11.6 Å². The van der Waals surface area contributed by atoms with Gasteiger partial charge in [-0.3, -0.25) is 9.69 Å². The van der Waals surface area contributed by atoms with Crippen molar-refractivity contribution in [2.24, 2.45) is 0 Å². The van der Waals surface area contributed by atoms with Crippen molar-refractivity contribution >= 4 is 51.9 Å². The normalized spacial score (nSPS) is 19.5. The topological polar surface area (TPSA) is 75.9 Å². The number of anilines is 3. The van der Waals surface area contributed by atoms with Crippen molar-refractivity contribution in [3.8, 4) is 0 Å². The van der Waals surface area contributed by atoms with Crippen molar-refractivity contribution in [1.82, 2.24) is 0 Å². The number of halogens is 1. The number of hydrogen-bond donors (Lipinski definition) is 1. The van der Waals surface area contributed by atoms with Crippen LogP contribution in [0.1, 0.15) is 41.8 Å². The third-order valence-electron chi connectivity index (χ3n) is 5.44. The number of thiophene rings is 1. The molecule has 0 bridgehead atoms. The Morgan fingerprint density at radius 2 is 2.00 bits per heavy atom. The minimum atomic E-state index is -0.397. The van der Waals surface area contributed by atoms with E-state index in [1.54, 1.807) is 17.0 Å². The van der Waals surface area contributed by atoms with E-state index in [0.29, 0.717) is 34.3 Å². The highest BCUT2D eigenvalue weighted by molar-refractivity contribution is 7.18. The summed E-state index contributed by atoms with van der Waals surface area (Å²) in [5, 5.41) is 0. The van der Waals surface area contributed by atoms with Crippen LogP contribution in [0.25, 0.3) is 0 Å². The molecule has 0 saturated carbocycles. The smallest absolute Gasteiger partial charge is 0.414 e. The first-order chi connectivity index (χ1) is 14.0. The number of piperidine rings is 1. The fourth-order valence-corrected chi connectivity index (χ4v) is 4.91. The molecule has 2 fully saturated rings. The van der Waals surface area contributed by atoms with E-state index in [2.05, 4.69) is 4.90 Å². The lowest BCUT2D eigenvalue weighted by Crippen LogP contribution is -2.30. The number of Topliss-reactive ketones (excluding diaryl/α,β-unsaturated/α-hetero) is 1. The lowest BCUT2D eigenvalue weighted by Gasteiger charge is -2.30. The lowest BCUT2D eigenvalue weighted by molar-refractivity contribution is 0.0943. The van der Waals surface area contributed by atoms with E-state index in [1.165, 1.54) is 30.6 Å². The molecule has 8 heteroatoms. The van der Waals surface area contributed by atoms with Crippen molar-refractivity contribution in [2.75, 3.05) is 35.2 Å². The number of carbonyl (C=O) groups excluding carboxylic acids is 2. The standard InChI is InChI=1S/C21H24ClN3O3S/c22-20-9-8-19(29-20)18(26)7-5-15-13-25(21(27)28-15)14-4-6-17(16(23)12-14)24-10-2-1-3-11-24/h4,6,8-9,12,15H,1-3,5,7,10-11,13,23H2. The van der Waals surface area contributed by atoms with Gasteiger partial charge in [0.15, 0.2) is 5.78 Å². The number of rotatable bonds is 6. The van der Waals surface area contributed by atoms with E-state index < -0.39 is 6.09 Å². The molecule has 6 nitrogen and oxygen atoms in total. The maximum Gasteiger partial charge on any atom is 0.414 e. The van der Waals surface area contributed by atoms with Crippen LogP contribution in [0.15, 0.2) is 30.3 Å². The number of cyclic esters (lactones) is 1. The van der Waals surface area contributed by atoms with E-state index in [9.17, 15) is 9.59 Å². The second-order valence-electron chi connectivity index (χ2n) is 7.47. The van der Waals surface area contributed by atoms with Crippen molar-refractivity contribution in [3.63, 3.8) is 0 Å². The van der Waals surface area contributed by atoms with Gasteiger partial charge in [0, 0.05) is 25.2 Å². The number of amides is 1. The number of nitrogens with zero attached hydrogens (tertiary/aromatic N) is 2. The van der Waals surface area contributed by atoms with E-state index in [1.807, 2.05) is 18.2 Å². The predicted octanol–water partition coefficient (Wildman–Crippen LogP) is 4.96. The molecule has 3 heterocycles. The first-order valence-electron chi connectivity index (χ1n) is 9.92. The van der Waals surface area contributed by atoms with Gasteiger partial charge in [0.25, 0.3) is 0 Å². The molecule has 0 spiro atoms. The lowest BCUT2D eigenvalue weighted by atomic mass is 10.1. The second kappa shape index (κ2) is 8.63. The maximum absolute atomic E-state index is 12.4. The van der Waals surface area contributed by atoms with Crippen LogP contribution in [0.4, 0.5) is 21.9 Å². The van der Waals surface area contributed by atoms with Crippen LogP contribution >= 0.6 is 22.9 Å². The van der Waals surface area contributed by atoms with Crippen LogP contribution in [-0.4, -0.2) is 37.6 Å². The molecule has 29 heavy (non-hydrogen) atoms. The summed E-state index contributed by atoms with van der Waals surface area (Å²) in [7, 11) is 0. The largest absolute Gasteiger partial charge is 0.444 e. The van der Waals surface area contributed by atoms with Gasteiger partial charge in [0.2, 0.25) is 0 Å². The number of nitrogen functional groups attached to an aromatic ring is 1. The highest BCUT2D eigenvalue weighted by Gasteiger charge is 2.33. The number of nitrogens with two attached hydrogens (primary N) is 1. The molecule has 2 aliphatic rings. The fourth-order valence-electron chi connectivity index (χ4n) is 3.89. The fraction of sp³-hybridized carbons (Fsp3) is 0.429. The Hall–Kier alpha value is -2.25. The third kappa shape index (κ3) is 4.51. The first-order valence-corrected chi connectivity index (χ1v) is 11.1. The molecule has 2 N–H and O–H groups in total. The number of carbonyl (C=O) groups is 2. The summed E-state index contributed by atoms with van der Waals surface area (Å²) in [5.74, 6) is 0.0199. The van der Waals surface area contributed by atoms with Gasteiger partial charge < -0.3 is 15.4 Å². The van der Waals surface area contributed by atoms with Crippen molar-refractivity contribution in [2.45, 2.75) is 38.2 Å². The quantitative estimate of drug-likeness (QED) is 0.514. The van der Waals surface area contributed by atoms with Crippen LogP contribution in [-0.2, 0) is 4.74 Å². The van der Waals surface area contributed by atoms with Crippen LogP contribution in [0.2, 0.25) is 4.34 Å². The molecule has 1 amide bonds. The number of benzene rings is 1. The van der Waals surface area contributed by atoms with Crippen molar-refractivity contribution in [3.05, 3.63) is 39.5 Å². The van der Waals surface area contributed by atoms with Crippen LogP contribution in [0.5, 0.6) is 0 Å². The molecule has 0 radical (unpaired) electrons. The highest BCUT2D eigenvalue weighted by atomic mass is 35.5. The molecule has 1 aromatic heterocycles. The van der Waals surface area contributed by atoms with Crippen molar-refractivity contribution in [1.29, 1.82) is 0 Å². The summed E-state index contributed by atoms with van der Waals surface area (Å²) < 4.78 is 6.06. The Morgan fingerprint density at radius 3 is 2.69 bits per heavy atom. The van der Waals surface area contributed by atoms with E-state index in [4.69, 9.17) is 22.1 Å². The molecule has 154 valence electrons. The zero-order valence-electron chi connectivity index (χ0n) is 16.1. The third-order valence-corrected chi connectivity index (χ3v) is 6.71. The zero-order chi connectivity index (χ0) is 20.4. The molecule has 2 aliphatic heterocycles. The average molecular weight is 434 g/mol. The predicted molar refractivity (Wildman–Crippen MR) is 117 cm³/mol. The molecule has 4 rings (SSSR count). The minimum absolute atomic E-state index is 0.0199. The molecule has 0 aliphatic carbocycles. The summed E-state index contributed by atoms with van der Waals surface area (Å²) in [6, 6.07) is 9.19. The minimum Gasteiger partial charge on any atom is -0.444 e. The Kier molecular flexibility index (Phi) is 5.96. The number of ether oxygens (including phenoxy) is 1. The molecular weight excluding hydrogens is 410 g/mol. The zero-order valence-corrected chi connectivity index (χ0v) is 17.7. The van der Waals surface area contributed by atoms with E-state index in [0.717, 1.165) is 24.5 Å². The van der Waals surface area contributed by atoms with Gasteiger partial charge >= 0.3 is 6.09 Å². The molecule has 2 saturated heterocycles. The highest BCUT2D eigenvalue weighted by Crippen LogP contribution is 2.32. The van der Waals surface area contributed by atoms with Gasteiger partial charge in [0.1, 0.15) is 6.10 Å². The molecule has 1 unspecified atom stereocenters. The Morgan fingerprint density at radius 1 is 1.21 bits per heavy atom. The van der Waals surface area contributed by atoms with Crippen LogP contribution < -0.4 is 15.5 Å². The van der Waals surface area contributed by atoms with E-state index >= 15 is 0 Å². The van der Waals surface area contributed by atoms with Gasteiger partial charge in [-0.25, -0.2) is 4.79 Å². The van der Waals surface area contributed by atoms with Gasteiger partial charge in [0.05, 0.1) is 27.1 Å².